The molecule has 0 saturated heterocycles. The number of nitrogens with zero attached hydrogens (tertiary/aromatic N) is 2. The number of hydrogen-bond donors (Lipinski definition) is 1. The first kappa shape index (κ1) is 16.9. The minimum Gasteiger partial charge on any atom is -0.493 e. The van der Waals surface area contributed by atoms with Crippen LogP contribution in [0.5, 0.6) is 17.2 Å². The molecule has 0 atom stereocenters. The highest BCUT2D eigenvalue weighted by Gasteiger charge is 2.20. The lowest BCUT2D eigenvalue weighted by Gasteiger charge is -2.13. The van der Waals surface area contributed by atoms with Crippen LogP contribution >= 0.6 is 0 Å². The summed E-state index contributed by atoms with van der Waals surface area (Å²) in [6, 6.07) is 3.36. The summed E-state index contributed by atoms with van der Waals surface area (Å²) in [4.78, 5) is 0. The van der Waals surface area contributed by atoms with E-state index in [1.165, 1.54) is 34.4 Å². The van der Waals surface area contributed by atoms with Crippen LogP contribution in [0, 0.1) is 0 Å². The highest BCUT2D eigenvalue weighted by molar-refractivity contribution is 7.89. The number of methoxy groups -OCH3 is 3. The van der Waals surface area contributed by atoms with Gasteiger partial charge < -0.3 is 19.9 Å². The van der Waals surface area contributed by atoms with E-state index in [1.807, 2.05) is 0 Å². The lowest BCUT2D eigenvalue weighted by atomic mass is 10.1. The predicted octanol–water partition coefficient (Wildman–Crippen LogP) is 1.36. The first-order chi connectivity index (χ1) is 10.9. The second-order valence-electron chi connectivity index (χ2n) is 4.62. The van der Waals surface area contributed by atoms with Crippen molar-refractivity contribution in [2.45, 2.75) is 6.92 Å². The zero-order valence-electron chi connectivity index (χ0n) is 13.4. The van der Waals surface area contributed by atoms with Gasteiger partial charge in [-0.25, -0.2) is 8.42 Å². The normalized spacial score (nSPS) is 11.3. The number of hydrogen-bond acceptors (Lipinski definition) is 7. The quantitative estimate of drug-likeness (QED) is 0.845. The molecule has 0 aliphatic carbocycles. The molecule has 0 fully saturated rings. The third-order valence-corrected chi connectivity index (χ3v) is 4.83. The van der Waals surface area contributed by atoms with E-state index in [-0.39, 0.29) is 11.6 Å². The van der Waals surface area contributed by atoms with Gasteiger partial charge in [0.05, 0.1) is 33.3 Å². The fraction of sp³-hybridized carbons (Fsp3) is 0.357. The smallest absolute Gasteiger partial charge is 0.253 e. The van der Waals surface area contributed by atoms with Crippen LogP contribution in [0.4, 0.5) is 5.82 Å². The lowest BCUT2D eigenvalue weighted by molar-refractivity contribution is 0.324. The molecule has 0 bridgehead atoms. The van der Waals surface area contributed by atoms with Gasteiger partial charge in [-0.2, -0.15) is 4.09 Å². The Balaban J connectivity index is 2.63. The Hall–Kier alpha value is -2.42. The van der Waals surface area contributed by atoms with Crippen molar-refractivity contribution >= 4 is 15.8 Å². The standard InChI is InChI=1S/C14H19N3O5S/c1-5-23(18,19)17-8-10(14(15)16-17)9-6-11(20-2)13(22-4)12(7-9)21-3/h6-8H,5H2,1-4H3,(H2,15,16). The van der Waals surface area contributed by atoms with Crippen LogP contribution in [0.3, 0.4) is 0 Å². The Bertz CT molecular complexity index is 789. The monoisotopic (exact) mass is 341 g/mol. The molecule has 2 aromatic rings. The Labute approximate surface area is 134 Å². The number of ether oxygens (including phenoxy) is 3. The Morgan fingerprint density at radius 1 is 1.13 bits per heavy atom. The highest BCUT2D eigenvalue weighted by Crippen LogP contribution is 2.42. The van der Waals surface area contributed by atoms with Gasteiger partial charge >= 0.3 is 0 Å². The van der Waals surface area contributed by atoms with Gasteiger partial charge in [0.25, 0.3) is 10.0 Å². The van der Waals surface area contributed by atoms with Gasteiger partial charge in [0.1, 0.15) is 0 Å². The van der Waals surface area contributed by atoms with Gasteiger partial charge in [-0.1, -0.05) is 0 Å². The molecule has 0 amide bonds. The largest absolute Gasteiger partial charge is 0.493 e. The summed E-state index contributed by atoms with van der Waals surface area (Å²) in [5.74, 6) is 1.32. The summed E-state index contributed by atoms with van der Waals surface area (Å²) in [6.07, 6.45) is 1.37. The third-order valence-electron chi connectivity index (χ3n) is 3.35. The molecule has 1 heterocycles. The first-order valence-electron chi connectivity index (χ1n) is 6.76. The first-order valence-corrected chi connectivity index (χ1v) is 8.37. The molecule has 1 aromatic heterocycles. The van der Waals surface area contributed by atoms with Crippen LogP contribution in [0.25, 0.3) is 11.1 Å². The fourth-order valence-corrected chi connectivity index (χ4v) is 2.84. The van der Waals surface area contributed by atoms with Crippen LogP contribution in [-0.2, 0) is 10.0 Å². The van der Waals surface area contributed by atoms with Gasteiger partial charge in [-0.15, -0.1) is 5.10 Å². The van der Waals surface area contributed by atoms with E-state index >= 15 is 0 Å². The molecule has 0 unspecified atom stereocenters. The maximum atomic E-state index is 11.9. The number of nitrogens with two attached hydrogens (primary N) is 1. The van der Waals surface area contributed by atoms with Crippen molar-refractivity contribution in [3.8, 4) is 28.4 Å². The molecule has 0 aliphatic rings. The minimum atomic E-state index is -3.51. The summed E-state index contributed by atoms with van der Waals surface area (Å²) in [5, 5.41) is 3.88. The minimum absolute atomic E-state index is 0.0805. The van der Waals surface area contributed by atoms with E-state index in [2.05, 4.69) is 5.10 Å². The molecule has 2 N–H and O–H groups in total. The maximum absolute atomic E-state index is 11.9. The van der Waals surface area contributed by atoms with Crippen molar-refractivity contribution in [1.29, 1.82) is 0 Å². The Morgan fingerprint density at radius 3 is 2.13 bits per heavy atom. The Kier molecular flexibility index (Phi) is 4.69. The summed E-state index contributed by atoms with van der Waals surface area (Å²) < 4.78 is 40.5. The number of anilines is 1. The van der Waals surface area contributed by atoms with E-state index < -0.39 is 10.0 Å². The molecular weight excluding hydrogens is 322 g/mol. The zero-order valence-corrected chi connectivity index (χ0v) is 14.2. The molecule has 0 radical (unpaired) electrons. The summed E-state index contributed by atoms with van der Waals surface area (Å²) in [7, 11) is 0.977. The number of rotatable bonds is 6. The Morgan fingerprint density at radius 2 is 1.70 bits per heavy atom. The molecule has 9 heteroatoms. The molecule has 0 spiro atoms. The van der Waals surface area contributed by atoms with Crippen molar-refractivity contribution in [3.63, 3.8) is 0 Å². The van der Waals surface area contributed by atoms with E-state index in [0.717, 1.165) is 4.09 Å². The average Bonchev–Trinajstić information content (AvgIpc) is 2.95. The lowest BCUT2D eigenvalue weighted by Crippen LogP contribution is -2.15. The van der Waals surface area contributed by atoms with Gasteiger partial charge in [-0.05, 0) is 24.6 Å². The van der Waals surface area contributed by atoms with Crippen molar-refractivity contribution in [2.24, 2.45) is 0 Å². The highest BCUT2D eigenvalue weighted by atomic mass is 32.2. The molecule has 0 saturated carbocycles. The van der Waals surface area contributed by atoms with Crippen LogP contribution in [0.1, 0.15) is 6.92 Å². The van der Waals surface area contributed by atoms with Crippen molar-refractivity contribution in [3.05, 3.63) is 18.3 Å². The van der Waals surface area contributed by atoms with Crippen molar-refractivity contribution < 1.29 is 22.6 Å². The van der Waals surface area contributed by atoms with Gasteiger partial charge in [0.2, 0.25) is 5.75 Å². The third kappa shape index (κ3) is 3.04. The average molecular weight is 341 g/mol. The van der Waals surface area contributed by atoms with Crippen LogP contribution < -0.4 is 19.9 Å². The molecule has 1 aromatic carbocycles. The molecule has 126 valence electrons. The summed E-state index contributed by atoms with van der Waals surface area (Å²) in [5.41, 5.74) is 6.93. The number of nitrogen functional groups attached to an aromatic ring is 1. The van der Waals surface area contributed by atoms with Crippen LogP contribution in [-0.4, -0.2) is 44.7 Å². The second kappa shape index (κ2) is 6.37. The van der Waals surface area contributed by atoms with Gasteiger partial charge in [0.15, 0.2) is 17.3 Å². The van der Waals surface area contributed by atoms with Crippen molar-refractivity contribution in [1.82, 2.24) is 9.19 Å². The van der Waals surface area contributed by atoms with Crippen LogP contribution in [0.15, 0.2) is 18.3 Å². The van der Waals surface area contributed by atoms with Crippen LogP contribution in [0.2, 0.25) is 0 Å². The molecule has 0 aliphatic heterocycles. The molecule has 2 rings (SSSR count). The molecular formula is C14H19N3O5S. The molecule has 8 nitrogen and oxygen atoms in total. The van der Waals surface area contributed by atoms with E-state index in [1.54, 1.807) is 12.1 Å². The number of benzene rings is 1. The molecule has 23 heavy (non-hydrogen) atoms. The topological polar surface area (TPSA) is 106 Å². The second-order valence-corrected chi connectivity index (χ2v) is 6.73. The maximum Gasteiger partial charge on any atom is 0.253 e. The van der Waals surface area contributed by atoms with E-state index in [4.69, 9.17) is 19.9 Å². The predicted molar refractivity (Wildman–Crippen MR) is 86.6 cm³/mol. The summed E-state index contributed by atoms with van der Waals surface area (Å²) in [6.45, 7) is 1.53. The van der Waals surface area contributed by atoms with Gasteiger partial charge in [-0.3, -0.25) is 0 Å². The van der Waals surface area contributed by atoms with Gasteiger partial charge in [0, 0.05) is 5.56 Å². The van der Waals surface area contributed by atoms with E-state index in [9.17, 15) is 8.42 Å². The summed E-state index contributed by atoms with van der Waals surface area (Å²) >= 11 is 0. The van der Waals surface area contributed by atoms with Crippen molar-refractivity contribution in [2.75, 3.05) is 32.8 Å². The SMILES string of the molecule is CCS(=O)(=O)n1cc(-c2cc(OC)c(OC)c(OC)c2)c(N)n1. The zero-order chi connectivity index (χ0) is 17.2. The van der Waals surface area contributed by atoms with E-state index in [0.29, 0.717) is 28.4 Å². The fourth-order valence-electron chi connectivity index (χ4n) is 2.10. The number of aromatic nitrogens is 2.